The normalized spacial score (nSPS) is 11.0. The number of unbranched alkanes of at least 4 members (excludes halogenated alkanes) is 1. The molecule has 0 fully saturated rings. The van der Waals surface area contributed by atoms with E-state index in [1.165, 1.54) is 0 Å². The first-order valence-corrected chi connectivity index (χ1v) is 6.79. The molecule has 102 valence electrons. The zero-order chi connectivity index (χ0) is 13.5. The molecule has 0 aliphatic carbocycles. The summed E-state index contributed by atoms with van der Waals surface area (Å²) in [6.07, 6.45) is 2.25. The van der Waals surface area contributed by atoms with Crippen molar-refractivity contribution in [1.29, 1.82) is 0 Å². The van der Waals surface area contributed by atoms with E-state index in [4.69, 9.17) is 5.11 Å². The summed E-state index contributed by atoms with van der Waals surface area (Å²) >= 11 is 0. The minimum Gasteiger partial charge on any atom is -0.395 e. The van der Waals surface area contributed by atoms with Crippen molar-refractivity contribution in [2.75, 3.05) is 24.6 Å². The molecule has 0 spiro atoms. The van der Waals surface area contributed by atoms with E-state index in [-0.39, 0.29) is 6.61 Å². The Hall–Kier alpha value is -1.16. The van der Waals surface area contributed by atoms with Crippen molar-refractivity contribution in [2.45, 2.75) is 46.5 Å². The number of anilines is 1. The molecule has 4 heteroatoms. The largest absolute Gasteiger partial charge is 0.395 e. The van der Waals surface area contributed by atoms with Crippen LogP contribution >= 0.6 is 0 Å². The predicted octanol–water partition coefficient (Wildman–Crippen LogP) is 2.51. The quantitative estimate of drug-likeness (QED) is 0.809. The summed E-state index contributed by atoms with van der Waals surface area (Å²) in [5, 5.41) is 9.16. The van der Waals surface area contributed by atoms with Crippen molar-refractivity contribution >= 4 is 5.82 Å². The fraction of sp³-hybridized carbons (Fsp3) is 0.714. The summed E-state index contributed by atoms with van der Waals surface area (Å²) < 4.78 is 0. The number of rotatable bonds is 7. The summed E-state index contributed by atoms with van der Waals surface area (Å²) in [5.41, 5.74) is 0.989. The van der Waals surface area contributed by atoms with Gasteiger partial charge in [0.05, 0.1) is 6.61 Å². The Morgan fingerprint density at radius 1 is 1.28 bits per heavy atom. The number of nitrogens with zero attached hydrogens (tertiary/aromatic N) is 3. The van der Waals surface area contributed by atoms with Crippen molar-refractivity contribution in [1.82, 2.24) is 9.97 Å². The Balaban J connectivity index is 2.95. The second kappa shape index (κ2) is 7.31. The van der Waals surface area contributed by atoms with Crippen LogP contribution in [-0.2, 0) is 0 Å². The first-order chi connectivity index (χ1) is 8.58. The van der Waals surface area contributed by atoms with Gasteiger partial charge < -0.3 is 10.0 Å². The van der Waals surface area contributed by atoms with Crippen LogP contribution in [0.2, 0.25) is 0 Å². The highest BCUT2D eigenvalue weighted by molar-refractivity contribution is 5.40. The summed E-state index contributed by atoms with van der Waals surface area (Å²) in [6.45, 7) is 10.1. The number of hydrogen-bond donors (Lipinski definition) is 1. The molecule has 0 aromatic carbocycles. The van der Waals surface area contributed by atoms with Crippen LogP contribution in [0.5, 0.6) is 0 Å². The van der Waals surface area contributed by atoms with Crippen LogP contribution in [0.1, 0.15) is 51.0 Å². The van der Waals surface area contributed by atoms with Gasteiger partial charge in [0.1, 0.15) is 11.6 Å². The van der Waals surface area contributed by atoms with E-state index in [0.717, 1.165) is 36.7 Å². The van der Waals surface area contributed by atoms with Crippen LogP contribution in [-0.4, -0.2) is 34.8 Å². The molecule has 1 rings (SSSR count). The van der Waals surface area contributed by atoms with Crippen molar-refractivity contribution < 1.29 is 5.11 Å². The third-order valence-corrected chi connectivity index (χ3v) is 2.85. The minimum absolute atomic E-state index is 0.157. The van der Waals surface area contributed by atoms with Crippen molar-refractivity contribution in [3.63, 3.8) is 0 Å². The minimum atomic E-state index is 0.157. The van der Waals surface area contributed by atoms with Crippen LogP contribution in [0.4, 0.5) is 5.82 Å². The molecule has 0 amide bonds. The van der Waals surface area contributed by atoms with Crippen LogP contribution in [0.3, 0.4) is 0 Å². The molecule has 1 aromatic heterocycles. The number of aryl methyl sites for hydroxylation is 1. The van der Waals surface area contributed by atoms with Gasteiger partial charge >= 0.3 is 0 Å². The van der Waals surface area contributed by atoms with Gasteiger partial charge in [0.25, 0.3) is 0 Å². The van der Waals surface area contributed by atoms with Gasteiger partial charge in [0, 0.05) is 30.8 Å². The van der Waals surface area contributed by atoms with E-state index in [2.05, 4.69) is 35.6 Å². The average Bonchev–Trinajstić information content (AvgIpc) is 2.33. The van der Waals surface area contributed by atoms with Gasteiger partial charge in [-0.3, -0.25) is 0 Å². The molecule has 0 atom stereocenters. The second-order valence-corrected chi connectivity index (χ2v) is 4.94. The Labute approximate surface area is 110 Å². The number of aromatic nitrogens is 2. The van der Waals surface area contributed by atoms with Gasteiger partial charge in [-0.2, -0.15) is 0 Å². The van der Waals surface area contributed by atoms with Crippen molar-refractivity contribution in [3.8, 4) is 0 Å². The highest BCUT2D eigenvalue weighted by atomic mass is 16.3. The molecule has 0 saturated carbocycles. The van der Waals surface area contributed by atoms with Gasteiger partial charge in [-0.1, -0.05) is 27.2 Å². The van der Waals surface area contributed by atoms with Crippen LogP contribution in [0.15, 0.2) is 6.07 Å². The summed E-state index contributed by atoms with van der Waals surface area (Å²) in [5.74, 6) is 2.14. The van der Waals surface area contributed by atoms with Crippen molar-refractivity contribution in [2.24, 2.45) is 0 Å². The van der Waals surface area contributed by atoms with Crippen LogP contribution < -0.4 is 4.90 Å². The summed E-state index contributed by atoms with van der Waals surface area (Å²) in [7, 11) is 0. The van der Waals surface area contributed by atoms with E-state index in [0.29, 0.717) is 12.5 Å². The van der Waals surface area contributed by atoms with E-state index >= 15 is 0 Å². The Kier molecular flexibility index (Phi) is 6.05. The number of hydrogen-bond acceptors (Lipinski definition) is 4. The van der Waals surface area contributed by atoms with E-state index < -0.39 is 0 Å². The molecular weight excluding hydrogens is 226 g/mol. The van der Waals surface area contributed by atoms with Gasteiger partial charge in [-0.15, -0.1) is 0 Å². The Morgan fingerprint density at radius 2 is 2.00 bits per heavy atom. The highest BCUT2D eigenvalue weighted by Crippen LogP contribution is 2.17. The lowest BCUT2D eigenvalue weighted by molar-refractivity contribution is 0.301. The fourth-order valence-electron chi connectivity index (χ4n) is 1.81. The van der Waals surface area contributed by atoms with Gasteiger partial charge in [-0.25, -0.2) is 9.97 Å². The van der Waals surface area contributed by atoms with Gasteiger partial charge in [0.2, 0.25) is 0 Å². The fourth-order valence-corrected chi connectivity index (χ4v) is 1.81. The molecule has 1 N–H and O–H groups in total. The molecule has 0 saturated heterocycles. The monoisotopic (exact) mass is 251 g/mol. The standard InChI is InChI=1S/C14H25N3O/c1-5-6-7-17(8-9-18)13-10-12(4)15-14(16-13)11(2)3/h10-11,18H,5-9H2,1-4H3. The van der Waals surface area contributed by atoms with Gasteiger partial charge in [0.15, 0.2) is 0 Å². The Morgan fingerprint density at radius 3 is 2.56 bits per heavy atom. The maximum atomic E-state index is 9.16. The maximum absolute atomic E-state index is 9.16. The third kappa shape index (κ3) is 4.26. The number of aliphatic hydroxyl groups excluding tert-OH is 1. The van der Waals surface area contributed by atoms with E-state index in [9.17, 15) is 0 Å². The lowest BCUT2D eigenvalue weighted by Gasteiger charge is -2.23. The van der Waals surface area contributed by atoms with Crippen LogP contribution in [0.25, 0.3) is 0 Å². The molecule has 0 aliphatic rings. The molecular formula is C14H25N3O. The number of aliphatic hydroxyl groups is 1. The topological polar surface area (TPSA) is 49.2 Å². The SMILES string of the molecule is CCCCN(CCO)c1cc(C)nc(C(C)C)n1. The molecule has 0 bridgehead atoms. The van der Waals surface area contributed by atoms with Crippen LogP contribution in [0, 0.1) is 6.92 Å². The zero-order valence-electron chi connectivity index (χ0n) is 12.0. The molecule has 18 heavy (non-hydrogen) atoms. The molecule has 4 nitrogen and oxygen atoms in total. The molecule has 0 radical (unpaired) electrons. The zero-order valence-corrected chi connectivity index (χ0v) is 12.0. The first kappa shape index (κ1) is 14.9. The molecule has 1 aromatic rings. The first-order valence-electron chi connectivity index (χ1n) is 6.79. The van der Waals surface area contributed by atoms with Crippen molar-refractivity contribution in [3.05, 3.63) is 17.6 Å². The summed E-state index contributed by atoms with van der Waals surface area (Å²) in [4.78, 5) is 11.2. The molecule has 1 heterocycles. The van der Waals surface area contributed by atoms with E-state index in [1.54, 1.807) is 0 Å². The smallest absolute Gasteiger partial charge is 0.133 e. The third-order valence-electron chi connectivity index (χ3n) is 2.85. The predicted molar refractivity (Wildman–Crippen MR) is 75.1 cm³/mol. The molecule has 0 unspecified atom stereocenters. The highest BCUT2D eigenvalue weighted by Gasteiger charge is 2.11. The lowest BCUT2D eigenvalue weighted by atomic mass is 10.2. The van der Waals surface area contributed by atoms with Gasteiger partial charge in [-0.05, 0) is 13.3 Å². The maximum Gasteiger partial charge on any atom is 0.133 e. The van der Waals surface area contributed by atoms with E-state index in [1.807, 2.05) is 13.0 Å². The lowest BCUT2D eigenvalue weighted by Crippen LogP contribution is -2.29. The average molecular weight is 251 g/mol. The summed E-state index contributed by atoms with van der Waals surface area (Å²) in [6, 6.07) is 2.00. The Bertz CT molecular complexity index is 366. The second-order valence-electron chi connectivity index (χ2n) is 4.94. The molecule has 0 aliphatic heterocycles.